The number of nitrogens with one attached hydrogen (secondary N) is 1. The van der Waals surface area contributed by atoms with Gasteiger partial charge in [0.2, 0.25) is 5.91 Å². The number of amides is 1. The van der Waals surface area contributed by atoms with Crippen molar-refractivity contribution in [1.82, 2.24) is 5.32 Å². The standard InChI is InChI=1S/C91H163NO13/c1-3-5-7-9-11-13-15-17-19-21-23-25-27-29-31-33-35-36-37-38-39-40-41-42-43-44-45-47-49-51-53-55-57-59-61-63-65-67-69-71-73-75-83(96)92-79(78-102-90-88(101)86(99)89(82(77-94)104-90)105-91-87(100)85(98)84(97)81(76-93)103-91)80(95)74-72-70-68-66-64-62-60-58-56-54-52-50-48-46-34-32-30-28-26-24-22-20-18-16-14-12-10-8-6-4-2/h5,7,11,13,17,19,23,25,29,31,35-36,38-39,41-42,79-82,84-91,93-95,97-101H,3-4,6,8-10,12,14-16,18,20-22,24,26-28,30,32-34,37,40,43-78H2,1-2H3,(H,92,96)/b7-5-,13-11-,19-17-,25-23-,31-29-,36-35-,39-38-,42-41-. The molecule has 1 amide bonds. The highest BCUT2D eigenvalue weighted by molar-refractivity contribution is 5.76. The summed E-state index contributed by atoms with van der Waals surface area (Å²) in [5.74, 6) is -0.203. The van der Waals surface area contributed by atoms with Crippen LogP contribution in [0.4, 0.5) is 0 Å². The van der Waals surface area contributed by atoms with Gasteiger partial charge in [-0.05, 0) is 77.0 Å². The third kappa shape index (κ3) is 55.9. The normalized spacial score (nSPS) is 21.8. The van der Waals surface area contributed by atoms with Gasteiger partial charge in [-0.15, -0.1) is 0 Å². The SMILES string of the molecule is CC/C=C\C/C=C\C/C=C\C/C=C\C/C=C\C/C=C\C/C=C\C/C=C\CCCCCCCCCCCCCCCCCCC(=O)NC(COC1OC(CO)C(OC2OC(CO)C(O)C(O)C2O)C(O)C1O)C(O)CCCCCCCCCCCCCCCCCCCCCCCCCCCCCCCC. The van der Waals surface area contributed by atoms with Crippen LogP contribution in [0.5, 0.6) is 0 Å². The van der Waals surface area contributed by atoms with Crippen molar-refractivity contribution in [3.05, 3.63) is 97.2 Å². The van der Waals surface area contributed by atoms with Crippen molar-refractivity contribution in [2.45, 2.75) is 453 Å². The third-order valence-electron chi connectivity index (χ3n) is 21.1. The molecule has 2 saturated heterocycles. The number of carbonyl (C=O) groups excluding carboxylic acids is 1. The summed E-state index contributed by atoms with van der Waals surface area (Å²) in [6.45, 7) is 2.80. The van der Waals surface area contributed by atoms with Gasteiger partial charge in [-0.1, -0.05) is 394 Å². The molecule has 14 nitrogen and oxygen atoms in total. The molecule has 0 aromatic carbocycles. The van der Waals surface area contributed by atoms with Crippen LogP contribution in [0.25, 0.3) is 0 Å². The molecule has 2 rings (SSSR count). The molecule has 0 saturated carbocycles. The van der Waals surface area contributed by atoms with Gasteiger partial charge in [-0.3, -0.25) is 4.79 Å². The Labute approximate surface area is 643 Å². The smallest absolute Gasteiger partial charge is 0.220 e. The number of unbranched alkanes of at least 4 members (excludes halogenated alkanes) is 45. The Morgan fingerprint density at radius 2 is 0.657 bits per heavy atom. The highest BCUT2D eigenvalue weighted by Crippen LogP contribution is 2.31. The highest BCUT2D eigenvalue weighted by Gasteiger charge is 2.51. The first-order valence-electron chi connectivity index (χ1n) is 44.0. The summed E-state index contributed by atoms with van der Waals surface area (Å²) in [6, 6.07) is -0.835. The lowest BCUT2D eigenvalue weighted by Crippen LogP contribution is -2.65. The van der Waals surface area contributed by atoms with E-state index in [0.717, 1.165) is 103 Å². The average Bonchev–Trinajstić information content (AvgIpc) is 0.769. The predicted octanol–water partition coefficient (Wildman–Crippen LogP) is 21.2. The molecular formula is C91H163NO13. The molecule has 0 aromatic rings. The van der Waals surface area contributed by atoms with E-state index in [-0.39, 0.29) is 12.5 Å². The van der Waals surface area contributed by atoms with Crippen LogP contribution < -0.4 is 5.32 Å². The monoisotopic (exact) mass is 1480 g/mol. The van der Waals surface area contributed by atoms with E-state index in [1.54, 1.807) is 0 Å². The lowest BCUT2D eigenvalue weighted by Gasteiger charge is -2.46. The second kappa shape index (κ2) is 73.7. The topological polar surface area (TPSA) is 228 Å². The molecule has 0 bridgehead atoms. The van der Waals surface area contributed by atoms with Crippen LogP contribution in [0.15, 0.2) is 97.2 Å². The quantitative estimate of drug-likeness (QED) is 0.0204. The van der Waals surface area contributed by atoms with Crippen LogP contribution in [0.3, 0.4) is 0 Å². The van der Waals surface area contributed by atoms with Crippen LogP contribution in [0.1, 0.15) is 380 Å². The second-order valence-electron chi connectivity index (χ2n) is 30.6. The minimum absolute atomic E-state index is 0.203. The molecular weight excluding hydrogens is 1310 g/mol. The van der Waals surface area contributed by atoms with E-state index in [1.807, 2.05) is 0 Å². The Kier molecular flexibility index (Phi) is 68.8. The molecule has 0 spiro atoms. The first-order valence-corrected chi connectivity index (χ1v) is 44.0. The van der Waals surface area contributed by atoms with Crippen LogP contribution in [0.2, 0.25) is 0 Å². The molecule has 2 aliphatic heterocycles. The minimum atomic E-state index is -1.79. The zero-order valence-electron chi connectivity index (χ0n) is 67.2. The van der Waals surface area contributed by atoms with Gasteiger partial charge in [-0.2, -0.15) is 0 Å². The maximum Gasteiger partial charge on any atom is 0.220 e. The van der Waals surface area contributed by atoms with Crippen molar-refractivity contribution in [2.24, 2.45) is 0 Å². The molecule has 9 N–H and O–H groups in total. The van der Waals surface area contributed by atoms with E-state index < -0.39 is 86.8 Å². The van der Waals surface area contributed by atoms with Crippen LogP contribution >= 0.6 is 0 Å². The molecule has 2 heterocycles. The minimum Gasteiger partial charge on any atom is -0.394 e. The van der Waals surface area contributed by atoms with E-state index in [2.05, 4.69) is 116 Å². The van der Waals surface area contributed by atoms with Gasteiger partial charge in [0.1, 0.15) is 48.8 Å². The van der Waals surface area contributed by atoms with Crippen molar-refractivity contribution in [2.75, 3.05) is 19.8 Å². The number of aliphatic hydroxyl groups excluding tert-OH is 8. The number of hydrogen-bond acceptors (Lipinski definition) is 13. The van der Waals surface area contributed by atoms with Crippen LogP contribution in [-0.4, -0.2) is 140 Å². The average molecular weight is 1480 g/mol. The second-order valence-corrected chi connectivity index (χ2v) is 30.6. The van der Waals surface area contributed by atoms with Crippen molar-refractivity contribution >= 4 is 5.91 Å². The van der Waals surface area contributed by atoms with Crippen molar-refractivity contribution in [3.63, 3.8) is 0 Å². The maximum absolute atomic E-state index is 13.4. The van der Waals surface area contributed by atoms with Crippen LogP contribution in [0, 0.1) is 0 Å². The summed E-state index contributed by atoms with van der Waals surface area (Å²) in [4.78, 5) is 13.4. The van der Waals surface area contributed by atoms with E-state index in [1.165, 1.54) is 250 Å². The van der Waals surface area contributed by atoms with Crippen molar-refractivity contribution < 1.29 is 64.6 Å². The van der Waals surface area contributed by atoms with Gasteiger partial charge in [-0.25, -0.2) is 0 Å². The van der Waals surface area contributed by atoms with Gasteiger partial charge >= 0.3 is 0 Å². The van der Waals surface area contributed by atoms with Gasteiger partial charge in [0, 0.05) is 6.42 Å². The summed E-state index contributed by atoms with van der Waals surface area (Å²) in [5.41, 5.74) is 0. The molecule has 0 aliphatic carbocycles. The molecule has 2 fully saturated rings. The number of hydrogen-bond donors (Lipinski definition) is 9. The molecule has 0 radical (unpaired) electrons. The predicted molar refractivity (Wildman–Crippen MR) is 438 cm³/mol. The Balaban J connectivity index is 1.57. The molecule has 0 aromatic heterocycles. The number of aliphatic hydroxyl groups is 8. The van der Waals surface area contributed by atoms with Crippen LogP contribution in [-0.2, 0) is 23.7 Å². The summed E-state index contributed by atoms with van der Waals surface area (Å²) in [5, 5.41) is 88.0. The number of allylic oxidation sites excluding steroid dienone is 16. The largest absolute Gasteiger partial charge is 0.394 e. The Hall–Kier alpha value is -3.09. The molecule has 105 heavy (non-hydrogen) atoms. The van der Waals surface area contributed by atoms with Gasteiger partial charge < -0.3 is 65.1 Å². The fraction of sp³-hybridized carbons (Fsp3) is 0.813. The molecule has 610 valence electrons. The summed E-state index contributed by atoms with van der Waals surface area (Å²) in [7, 11) is 0. The first-order chi connectivity index (χ1) is 51.6. The van der Waals surface area contributed by atoms with Gasteiger partial charge in [0.15, 0.2) is 12.6 Å². The Bertz CT molecular complexity index is 2140. The summed E-state index contributed by atoms with van der Waals surface area (Å²) < 4.78 is 23.0. The molecule has 12 atom stereocenters. The van der Waals surface area contributed by atoms with Gasteiger partial charge in [0.25, 0.3) is 0 Å². The fourth-order valence-electron chi connectivity index (χ4n) is 14.2. The van der Waals surface area contributed by atoms with E-state index >= 15 is 0 Å². The van der Waals surface area contributed by atoms with E-state index in [9.17, 15) is 45.6 Å². The highest BCUT2D eigenvalue weighted by atomic mass is 16.7. The Morgan fingerprint density at radius 1 is 0.352 bits per heavy atom. The zero-order valence-corrected chi connectivity index (χ0v) is 67.2. The summed E-state index contributed by atoms with van der Waals surface area (Å²) >= 11 is 0. The Morgan fingerprint density at radius 3 is 1.01 bits per heavy atom. The van der Waals surface area contributed by atoms with E-state index in [0.29, 0.717) is 12.8 Å². The number of rotatable bonds is 74. The number of carbonyl (C=O) groups is 1. The van der Waals surface area contributed by atoms with Crippen molar-refractivity contribution in [1.29, 1.82) is 0 Å². The lowest BCUT2D eigenvalue weighted by molar-refractivity contribution is -0.359. The fourth-order valence-corrected chi connectivity index (χ4v) is 14.2. The zero-order chi connectivity index (χ0) is 75.8. The van der Waals surface area contributed by atoms with E-state index in [4.69, 9.17) is 18.9 Å². The lowest BCUT2D eigenvalue weighted by atomic mass is 9.97. The maximum atomic E-state index is 13.4. The number of ether oxygens (including phenoxy) is 4. The van der Waals surface area contributed by atoms with Crippen molar-refractivity contribution in [3.8, 4) is 0 Å². The van der Waals surface area contributed by atoms with Gasteiger partial charge in [0.05, 0.1) is 32.0 Å². The first kappa shape index (κ1) is 98.0. The third-order valence-corrected chi connectivity index (χ3v) is 21.1. The summed E-state index contributed by atoms with van der Waals surface area (Å²) in [6.07, 6.45) is 88.9. The molecule has 14 heteroatoms. The molecule has 12 unspecified atom stereocenters. The molecule has 2 aliphatic rings.